The van der Waals surface area contributed by atoms with Crippen LogP contribution in [0.4, 0.5) is 0 Å². The molecule has 10 rings (SSSR count). The molecule has 9 fully saturated rings. The topological polar surface area (TPSA) is 413 Å². The Hall–Kier alpha value is -1.75. The van der Waals surface area contributed by atoms with Crippen molar-refractivity contribution in [3.63, 3.8) is 0 Å². The molecule has 0 bridgehead atoms. The first kappa shape index (κ1) is 66.2. The summed E-state index contributed by atoms with van der Waals surface area (Å²) in [5.74, 6) is -0.349. The summed E-state index contributed by atoms with van der Waals surface area (Å²) in [6, 6.07) is 0. The summed E-state index contributed by atoms with van der Waals surface area (Å²) >= 11 is 0. The number of aliphatic hydroxyl groups excluding tert-OH is 14. The van der Waals surface area contributed by atoms with Gasteiger partial charge < -0.3 is 124 Å². The van der Waals surface area contributed by atoms with Crippen molar-refractivity contribution in [3.8, 4) is 0 Å². The van der Waals surface area contributed by atoms with Crippen molar-refractivity contribution in [1.82, 2.24) is 0 Å². The van der Waals surface area contributed by atoms with Crippen LogP contribution in [0.5, 0.6) is 0 Å². The smallest absolute Gasteiger partial charge is 0.310 e. The van der Waals surface area contributed by atoms with Crippen LogP contribution in [0.1, 0.15) is 120 Å². The normalized spacial score (nSPS) is 54.2. The predicted octanol–water partition coefficient (Wildman–Crippen LogP) is -1.98. The monoisotopic (exact) mass is 1220 g/mol. The third kappa shape index (κ3) is 11.1. The van der Waals surface area contributed by atoms with E-state index in [1.54, 1.807) is 0 Å². The van der Waals surface area contributed by atoms with Crippen LogP contribution in [-0.4, -0.2) is 263 Å². The molecule has 0 radical (unpaired) electrons. The molecule has 488 valence electrons. The average Bonchev–Trinajstić information content (AvgIpc) is 0.702. The quantitative estimate of drug-likeness (QED) is 0.0662. The highest BCUT2D eigenvalue weighted by atomic mass is 16.8. The Morgan fingerprint density at radius 2 is 1.07 bits per heavy atom. The van der Waals surface area contributed by atoms with Gasteiger partial charge in [-0.05, 0) is 116 Å². The van der Waals surface area contributed by atoms with Gasteiger partial charge in [-0.3, -0.25) is 4.79 Å². The Balaban J connectivity index is 0.884. The summed E-state index contributed by atoms with van der Waals surface area (Å²) in [4.78, 5) is 13.3. The lowest BCUT2D eigenvalue weighted by atomic mass is 9.33. The number of hydrogen-bond acceptors (Lipinski definition) is 25. The average molecular weight is 1220 g/mol. The summed E-state index contributed by atoms with van der Waals surface area (Å²) in [5, 5.41) is 163. The minimum atomic E-state index is -2.06. The van der Waals surface area contributed by atoms with Gasteiger partial charge in [-0.25, -0.2) is 0 Å². The van der Waals surface area contributed by atoms with Crippen LogP contribution in [0.2, 0.25) is 0 Å². The fourth-order valence-electron chi connectivity index (χ4n) is 17.7. The number of carbonyl (C=O) groups is 1. The number of fused-ring (bicyclic) bond motifs is 7. The van der Waals surface area contributed by atoms with E-state index in [2.05, 4.69) is 54.5 Å². The molecule has 32 atom stereocenters. The van der Waals surface area contributed by atoms with Crippen LogP contribution in [0.3, 0.4) is 0 Å². The maximum atomic E-state index is 13.3. The molecule has 10 aliphatic rings. The van der Waals surface area contributed by atoms with Crippen molar-refractivity contribution in [2.24, 2.45) is 50.2 Å². The molecule has 0 aromatic rings. The molecular weight excluding hydrogens is 1120 g/mol. The summed E-state index contributed by atoms with van der Waals surface area (Å²) in [5.41, 5.74) is -0.487. The molecule has 4 saturated carbocycles. The third-order valence-corrected chi connectivity index (χ3v) is 23.2. The molecule has 0 amide bonds. The van der Waals surface area contributed by atoms with Crippen molar-refractivity contribution in [1.29, 1.82) is 0 Å². The van der Waals surface area contributed by atoms with E-state index in [-0.39, 0.29) is 39.4 Å². The fourth-order valence-corrected chi connectivity index (χ4v) is 17.7. The van der Waals surface area contributed by atoms with Crippen molar-refractivity contribution in [2.45, 2.75) is 273 Å². The minimum absolute atomic E-state index is 0.0230. The second-order valence-electron chi connectivity index (χ2n) is 28.6. The van der Waals surface area contributed by atoms with Gasteiger partial charge in [0.15, 0.2) is 31.5 Å². The zero-order chi connectivity index (χ0) is 62.0. The highest BCUT2D eigenvalue weighted by Crippen LogP contribution is 2.76. The Morgan fingerprint density at radius 1 is 0.529 bits per heavy atom. The van der Waals surface area contributed by atoms with E-state index < -0.39 is 197 Å². The zero-order valence-corrected chi connectivity index (χ0v) is 49.8. The predicted molar refractivity (Wildman–Crippen MR) is 288 cm³/mol. The molecule has 15 N–H and O–H groups in total. The van der Waals surface area contributed by atoms with Crippen LogP contribution in [0.25, 0.3) is 0 Å². The zero-order valence-electron chi connectivity index (χ0n) is 49.8. The van der Waals surface area contributed by atoms with Gasteiger partial charge in [0, 0.05) is 0 Å². The van der Waals surface area contributed by atoms with Crippen molar-refractivity contribution >= 4 is 5.97 Å². The molecular formula is C59H96O26. The number of carboxylic acid groups (broad SMARTS) is 1. The van der Waals surface area contributed by atoms with Crippen LogP contribution in [0, 0.1) is 50.2 Å². The van der Waals surface area contributed by atoms with Crippen molar-refractivity contribution in [3.05, 3.63) is 11.6 Å². The molecule has 5 aliphatic carbocycles. The molecule has 0 aromatic heterocycles. The molecule has 0 aromatic carbocycles. The first-order chi connectivity index (χ1) is 39.8. The lowest BCUT2D eigenvalue weighted by Gasteiger charge is -2.71. The molecule has 5 heterocycles. The SMILES string of the molecule is C[C@@H]1O[C@@H](O[C@H]2[C@H](O[C@H]3CC[C@]4(C)[C@H]5CC=C6[C@@H]7CC(C)(C)CC[C@@]7(C(=O)O)CC[C@@]6(C)[C@]5(C)CC[C@H]4C3(C)C)OC[C@H](O[C@@H]3O[C@H](CO)[C@@H](O)[C@H](O)[C@H]3O)[C@@H]2O)[C@H](O)[C@H](O[C@@H]2O[C@H](CO)[C@@H](O[C@@H]3O[C@H](CO)[C@@H](O)[C@H](O)[C@H]3O)[C@H](O)[C@H]2O)[C@H]1O. The number of carboxylic acids is 1. The third-order valence-electron chi connectivity index (χ3n) is 23.2. The minimum Gasteiger partial charge on any atom is -0.481 e. The molecule has 0 unspecified atom stereocenters. The fraction of sp³-hybridized carbons (Fsp3) is 0.949. The number of hydrogen-bond donors (Lipinski definition) is 15. The summed E-state index contributed by atoms with van der Waals surface area (Å²) < 4.78 is 60.6. The highest BCUT2D eigenvalue weighted by Gasteiger charge is 2.70. The first-order valence-corrected chi connectivity index (χ1v) is 30.6. The number of ether oxygens (including phenoxy) is 10. The van der Waals surface area contributed by atoms with Crippen molar-refractivity contribution < 1.29 is 129 Å². The van der Waals surface area contributed by atoms with E-state index in [9.17, 15) is 81.4 Å². The Morgan fingerprint density at radius 3 is 1.67 bits per heavy atom. The van der Waals surface area contributed by atoms with E-state index in [1.165, 1.54) is 12.5 Å². The van der Waals surface area contributed by atoms with Crippen LogP contribution >= 0.6 is 0 Å². The second kappa shape index (κ2) is 24.4. The van der Waals surface area contributed by atoms with Gasteiger partial charge in [0.1, 0.15) is 110 Å². The molecule has 26 heteroatoms. The van der Waals surface area contributed by atoms with Gasteiger partial charge in [0.05, 0.1) is 44.1 Å². The lowest BCUT2D eigenvalue weighted by molar-refractivity contribution is -0.395. The van der Waals surface area contributed by atoms with E-state index in [0.717, 1.165) is 44.9 Å². The van der Waals surface area contributed by atoms with Gasteiger partial charge >= 0.3 is 5.97 Å². The molecule has 26 nitrogen and oxygen atoms in total. The van der Waals surface area contributed by atoms with E-state index in [1.807, 2.05) is 0 Å². The van der Waals surface area contributed by atoms with E-state index >= 15 is 0 Å². The second-order valence-corrected chi connectivity index (χ2v) is 28.6. The van der Waals surface area contributed by atoms with Crippen LogP contribution in [0.15, 0.2) is 11.6 Å². The standard InChI is InChI=1S/C59H96O26/c1-24-34(63)46(84-50-43(72)40(69)45(29(22-62)80-50)83-49-42(71)39(68)36(65)28(21-61)79-49)44(73)51(77-24)85-47-37(66)30(81-48-41(70)38(67)35(64)27(20-60)78-48)23-76-52(47)82-33-12-13-56(6)31(55(33,4)5)11-14-58(8)32(56)10-9-25-26-19-54(2,3)15-17-59(26,53(74)75)18-16-57(25,58)7/h9,24,26-52,60-73H,10-23H2,1-8H3,(H,74,75)/t24-,26-,27+,28+,29+,30-,31-,32+,33-,34-,35+,36+,37-,38-,39-,40+,41+,42+,43+,44+,45+,46+,47+,48-,49-,50-,51-,52-,56-,57+,58+,59+/m0/s1. The van der Waals surface area contributed by atoms with Gasteiger partial charge in [0.25, 0.3) is 0 Å². The summed E-state index contributed by atoms with van der Waals surface area (Å²) in [7, 11) is 0. The Labute approximate surface area is 494 Å². The van der Waals surface area contributed by atoms with Gasteiger partial charge in [-0.2, -0.15) is 0 Å². The maximum Gasteiger partial charge on any atom is 0.310 e. The largest absolute Gasteiger partial charge is 0.481 e. The number of rotatable bonds is 14. The Bertz CT molecular complexity index is 2360. The van der Waals surface area contributed by atoms with Crippen LogP contribution < -0.4 is 0 Å². The molecule has 5 saturated heterocycles. The maximum absolute atomic E-state index is 13.3. The summed E-state index contributed by atoms with van der Waals surface area (Å²) in [6.07, 6.45) is -31.6. The number of allylic oxidation sites excluding steroid dienone is 2. The molecule has 0 spiro atoms. The van der Waals surface area contributed by atoms with Crippen molar-refractivity contribution in [2.75, 3.05) is 26.4 Å². The van der Waals surface area contributed by atoms with Gasteiger partial charge in [0.2, 0.25) is 0 Å². The number of aliphatic carboxylic acids is 1. The van der Waals surface area contributed by atoms with Gasteiger partial charge in [-0.1, -0.05) is 60.1 Å². The van der Waals surface area contributed by atoms with Gasteiger partial charge in [-0.15, -0.1) is 0 Å². The number of aliphatic hydroxyl groups is 14. The molecule has 85 heavy (non-hydrogen) atoms. The van der Waals surface area contributed by atoms with E-state index in [4.69, 9.17) is 47.4 Å². The molecule has 5 aliphatic heterocycles. The lowest BCUT2D eigenvalue weighted by Crippen LogP contribution is -2.67. The van der Waals surface area contributed by atoms with E-state index in [0.29, 0.717) is 19.3 Å². The highest BCUT2D eigenvalue weighted by molar-refractivity contribution is 5.76. The summed E-state index contributed by atoms with van der Waals surface area (Å²) in [6.45, 7) is 14.6. The first-order valence-electron chi connectivity index (χ1n) is 30.6. The Kier molecular flexibility index (Phi) is 19.0. The van der Waals surface area contributed by atoms with Crippen LogP contribution in [-0.2, 0) is 52.2 Å².